The van der Waals surface area contributed by atoms with Crippen LogP contribution in [0.25, 0.3) is 22.5 Å². The molecule has 0 atom stereocenters. The fraction of sp³-hybridized carbons (Fsp3) is 0.111. The van der Waals surface area contributed by atoms with E-state index in [1.807, 2.05) is 37.3 Å². The van der Waals surface area contributed by atoms with Crippen molar-refractivity contribution in [3.05, 3.63) is 71.0 Å². The van der Waals surface area contributed by atoms with Crippen molar-refractivity contribution in [3.8, 4) is 22.5 Å². The van der Waals surface area contributed by atoms with Gasteiger partial charge >= 0.3 is 0 Å². The zero-order valence-corrected chi connectivity index (χ0v) is 12.7. The van der Waals surface area contributed by atoms with E-state index in [9.17, 15) is 0 Å². The number of hydrogen-bond donors (Lipinski definition) is 0. The summed E-state index contributed by atoms with van der Waals surface area (Å²) in [5, 5.41) is 0.709. The molecule has 0 bridgehead atoms. The molecule has 0 fully saturated rings. The molecule has 0 saturated carbocycles. The van der Waals surface area contributed by atoms with Gasteiger partial charge in [-0.3, -0.25) is 0 Å². The minimum atomic E-state index is 0.709. The predicted octanol–water partition coefficient (Wildman–Crippen LogP) is 5.08. The Morgan fingerprint density at radius 2 is 1.43 bits per heavy atom. The molecule has 21 heavy (non-hydrogen) atoms. The highest BCUT2D eigenvalue weighted by molar-refractivity contribution is 6.30. The highest BCUT2D eigenvalue weighted by Crippen LogP contribution is 2.25. The van der Waals surface area contributed by atoms with Gasteiger partial charge in [0.15, 0.2) is 0 Å². The van der Waals surface area contributed by atoms with Crippen LogP contribution in [0.2, 0.25) is 5.02 Å². The Hall–Kier alpha value is -2.19. The monoisotopic (exact) mass is 294 g/mol. The number of hydrogen-bond acceptors (Lipinski definition) is 2. The molecule has 0 radical (unpaired) electrons. The van der Waals surface area contributed by atoms with Gasteiger partial charge in [0.05, 0.1) is 11.4 Å². The van der Waals surface area contributed by atoms with Crippen LogP contribution >= 0.6 is 11.6 Å². The summed E-state index contributed by atoms with van der Waals surface area (Å²) in [6, 6.07) is 18.1. The van der Waals surface area contributed by atoms with E-state index in [0.717, 1.165) is 28.3 Å². The van der Waals surface area contributed by atoms with E-state index in [2.05, 4.69) is 41.2 Å². The Morgan fingerprint density at radius 3 is 2.10 bits per heavy atom. The number of aromatic nitrogens is 2. The zero-order valence-electron chi connectivity index (χ0n) is 12.0. The molecule has 0 aliphatic rings. The zero-order chi connectivity index (χ0) is 14.8. The van der Waals surface area contributed by atoms with Gasteiger partial charge in [-0.05, 0) is 32.0 Å². The van der Waals surface area contributed by atoms with E-state index in [1.54, 1.807) is 0 Å². The average molecular weight is 295 g/mol. The molecule has 0 amide bonds. The first-order chi connectivity index (χ1) is 10.1. The van der Waals surface area contributed by atoms with Gasteiger partial charge in [-0.15, -0.1) is 0 Å². The molecule has 3 heteroatoms. The minimum Gasteiger partial charge on any atom is -0.233 e. The van der Waals surface area contributed by atoms with Gasteiger partial charge in [-0.2, -0.15) is 0 Å². The number of nitrogens with zero attached hydrogens (tertiary/aromatic N) is 2. The van der Waals surface area contributed by atoms with Crippen molar-refractivity contribution in [2.75, 3.05) is 0 Å². The summed E-state index contributed by atoms with van der Waals surface area (Å²) < 4.78 is 0. The summed E-state index contributed by atoms with van der Waals surface area (Å²) in [7, 11) is 0. The van der Waals surface area contributed by atoms with E-state index in [1.165, 1.54) is 5.56 Å². The lowest BCUT2D eigenvalue weighted by atomic mass is 10.1. The fourth-order valence-electron chi connectivity index (χ4n) is 2.24. The topological polar surface area (TPSA) is 25.8 Å². The Balaban J connectivity index is 2.10. The Kier molecular flexibility index (Phi) is 3.72. The Labute approximate surface area is 129 Å². The standard InChI is InChI=1S/C18H15ClN2/c1-12-6-8-14(9-7-12)17-11-18(21-13(2)20-17)15-4-3-5-16(19)10-15/h3-11H,1-2H3. The maximum Gasteiger partial charge on any atom is 0.126 e. The summed E-state index contributed by atoms with van der Waals surface area (Å²) >= 11 is 6.07. The number of aryl methyl sites for hydroxylation is 2. The predicted molar refractivity (Wildman–Crippen MR) is 87.4 cm³/mol. The van der Waals surface area contributed by atoms with Crippen LogP contribution in [0.15, 0.2) is 54.6 Å². The second-order valence-corrected chi connectivity index (χ2v) is 5.50. The van der Waals surface area contributed by atoms with Crippen molar-refractivity contribution in [2.45, 2.75) is 13.8 Å². The third-order valence-electron chi connectivity index (χ3n) is 3.31. The third kappa shape index (κ3) is 3.11. The first-order valence-electron chi connectivity index (χ1n) is 6.80. The van der Waals surface area contributed by atoms with E-state index < -0.39 is 0 Å². The summed E-state index contributed by atoms with van der Waals surface area (Å²) in [5.74, 6) is 0.753. The maximum atomic E-state index is 6.07. The lowest BCUT2D eigenvalue weighted by Crippen LogP contribution is -1.94. The van der Waals surface area contributed by atoms with E-state index in [0.29, 0.717) is 5.02 Å². The molecule has 2 aromatic carbocycles. The molecule has 0 aliphatic carbocycles. The van der Waals surface area contributed by atoms with Crippen molar-refractivity contribution in [1.29, 1.82) is 0 Å². The van der Waals surface area contributed by atoms with Gasteiger partial charge in [0, 0.05) is 16.1 Å². The van der Waals surface area contributed by atoms with Gasteiger partial charge in [0.2, 0.25) is 0 Å². The largest absolute Gasteiger partial charge is 0.233 e. The van der Waals surface area contributed by atoms with Crippen LogP contribution < -0.4 is 0 Å². The Morgan fingerprint density at radius 1 is 0.762 bits per heavy atom. The molecule has 3 aromatic rings. The molecule has 1 aromatic heterocycles. The van der Waals surface area contributed by atoms with Crippen LogP contribution in [0.5, 0.6) is 0 Å². The number of halogens is 1. The van der Waals surface area contributed by atoms with Crippen LogP contribution in [0, 0.1) is 13.8 Å². The smallest absolute Gasteiger partial charge is 0.126 e. The summed E-state index contributed by atoms with van der Waals surface area (Å²) in [5.41, 5.74) is 5.15. The minimum absolute atomic E-state index is 0.709. The number of benzene rings is 2. The second-order valence-electron chi connectivity index (χ2n) is 5.06. The molecule has 1 heterocycles. The molecule has 104 valence electrons. The first kappa shape index (κ1) is 13.8. The first-order valence-corrected chi connectivity index (χ1v) is 7.18. The van der Waals surface area contributed by atoms with E-state index in [-0.39, 0.29) is 0 Å². The van der Waals surface area contributed by atoms with Crippen molar-refractivity contribution in [3.63, 3.8) is 0 Å². The lowest BCUT2D eigenvalue weighted by Gasteiger charge is -2.07. The van der Waals surface area contributed by atoms with Gasteiger partial charge in [-0.25, -0.2) is 9.97 Å². The molecular formula is C18H15ClN2. The van der Waals surface area contributed by atoms with Crippen molar-refractivity contribution in [1.82, 2.24) is 9.97 Å². The molecule has 0 unspecified atom stereocenters. The number of rotatable bonds is 2. The molecule has 0 spiro atoms. The SMILES string of the molecule is Cc1ccc(-c2cc(-c3cccc(Cl)c3)nc(C)n2)cc1. The summed E-state index contributed by atoms with van der Waals surface area (Å²) in [4.78, 5) is 9.06. The van der Waals surface area contributed by atoms with Crippen molar-refractivity contribution in [2.24, 2.45) is 0 Å². The normalized spacial score (nSPS) is 10.6. The lowest BCUT2D eigenvalue weighted by molar-refractivity contribution is 1.06. The van der Waals surface area contributed by atoms with Crippen LogP contribution in [0.1, 0.15) is 11.4 Å². The quantitative estimate of drug-likeness (QED) is 0.658. The maximum absolute atomic E-state index is 6.07. The summed E-state index contributed by atoms with van der Waals surface area (Å²) in [6.45, 7) is 3.98. The summed E-state index contributed by atoms with van der Waals surface area (Å²) in [6.07, 6.45) is 0. The van der Waals surface area contributed by atoms with Crippen LogP contribution in [0.3, 0.4) is 0 Å². The molecule has 0 N–H and O–H groups in total. The molecule has 3 rings (SSSR count). The third-order valence-corrected chi connectivity index (χ3v) is 3.54. The fourth-order valence-corrected chi connectivity index (χ4v) is 2.43. The van der Waals surface area contributed by atoms with Crippen LogP contribution in [-0.4, -0.2) is 9.97 Å². The molecule has 2 nitrogen and oxygen atoms in total. The van der Waals surface area contributed by atoms with Crippen LogP contribution in [-0.2, 0) is 0 Å². The van der Waals surface area contributed by atoms with Gasteiger partial charge < -0.3 is 0 Å². The van der Waals surface area contributed by atoms with E-state index >= 15 is 0 Å². The van der Waals surface area contributed by atoms with Gasteiger partial charge in [0.1, 0.15) is 5.82 Å². The van der Waals surface area contributed by atoms with Crippen molar-refractivity contribution >= 4 is 11.6 Å². The molecular weight excluding hydrogens is 280 g/mol. The molecule has 0 saturated heterocycles. The highest BCUT2D eigenvalue weighted by Gasteiger charge is 2.07. The van der Waals surface area contributed by atoms with Gasteiger partial charge in [0.25, 0.3) is 0 Å². The van der Waals surface area contributed by atoms with Crippen LogP contribution in [0.4, 0.5) is 0 Å². The van der Waals surface area contributed by atoms with E-state index in [4.69, 9.17) is 11.6 Å². The average Bonchev–Trinajstić information content (AvgIpc) is 2.47. The molecule has 0 aliphatic heterocycles. The second kappa shape index (κ2) is 5.66. The van der Waals surface area contributed by atoms with Crippen molar-refractivity contribution < 1.29 is 0 Å². The Bertz CT molecular complexity index is 779. The van der Waals surface area contributed by atoms with Gasteiger partial charge in [-0.1, -0.05) is 53.6 Å². The highest BCUT2D eigenvalue weighted by atomic mass is 35.5.